The molecule has 116 valence electrons. The Balaban J connectivity index is 2.50. The van der Waals surface area contributed by atoms with Crippen molar-refractivity contribution in [3.63, 3.8) is 0 Å². The van der Waals surface area contributed by atoms with Crippen LogP contribution in [0.5, 0.6) is 0 Å². The lowest BCUT2D eigenvalue weighted by atomic mass is 9.84. The summed E-state index contributed by atoms with van der Waals surface area (Å²) < 4.78 is 0.679. The maximum Gasteiger partial charge on any atom is 0.303 e. The third-order valence-electron chi connectivity index (χ3n) is 3.30. The van der Waals surface area contributed by atoms with Crippen LogP contribution in [0.25, 0.3) is 0 Å². The Hall–Kier alpha value is -1.07. The molecule has 0 radical (unpaired) electrons. The summed E-state index contributed by atoms with van der Waals surface area (Å²) in [5.41, 5.74) is 0.293. The van der Waals surface area contributed by atoms with E-state index in [9.17, 15) is 9.59 Å². The minimum atomic E-state index is -0.798. The summed E-state index contributed by atoms with van der Waals surface area (Å²) in [6.45, 7) is 4.47. The van der Waals surface area contributed by atoms with E-state index in [0.29, 0.717) is 34.4 Å². The number of carbonyl (C=O) groups excluding carboxylic acids is 1. The fourth-order valence-electron chi connectivity index (χ4n) is 1.86. The lowest BCUT2D eigenvalue weighted by Gasteiger charge is -2.23. The Labute approximate surface area is 138 Å². The summed E-state index contributed by atoms with van der Waals surface area (Å²) in [4.78, 5) is 22.7. The van der Waals surface area contributed by atoms with Gasteiger partial charge in [-0.3, -0.25) is 9.59 Å². The molecule has 0 saturated carbocycles. The summed E-state index contributed by atoms with van der Waals surface area (Å²) in [7, 11) is 0. The van der Waals surface area contributed by atoms with Gasteiger partial charge in [-0.05, 0) is 46.3 Å². The molecule has 0 unspecified atom stereocenters. The summed E-state index contributed by atoms with van der Waals surface area (Å²) in [6, 6.07) is 5.19. The maximum atomic E-state index is 12.1. The maximum absolute atomic E-state index is 12.1. The van der Waals surface area contributed by atoms with Crippen LogP contribution in [-0.2, 0) is 4.79 Å². The quantitative estimate of drug-likeness (QED) is 0.752. The van der Waals surface area contributed by atoms with Gasteiger partial charge in [0.1, 0.15) is 0 Å². The number of carbonyl (C=O) groups is 2. The van der Waals surface area contributed by atoms with Crippen molar-refractivity contribution in [2.45, 2.75) is 33.1 Å². The van der Waals surface area contributed by atoms with Crippen molar-refractivity contribution in [1.29, 1.82) is 0 Å². The van der Waals surface area contributed by atoms with E-state index < -0.39 is 5.97 Å². The largest absolute Gasteiger partial charge is 0.481 e. The van der Waals surface area contributed by atoms with E-state index in [1.807, 2.05) is 13.8 Å². The topological polar surface area (TPSA) is 66.4 Å². The number of carboxylic acids is 1. The van der Waals surface area contributed by atoms with Crippen molar-refractivity contribution in [2.75, 3.05) is 6.54 Å². The third kappa shape index (κ3) is 6.06. The van der Waals surface area contributed by atoms with Gasteiger partial charge in [0.05, 0.1) is 10.6 Å². The van der Waals surface area contributed by atoms with Crippen LogP contribution < -0.4 is 5.32 Å². The van der Waals surface area contributed by atoms with Gasteiger partial charge in [-0.15, -0.1) is 0 Å². The van der Waals surface area contributed by atoms with Crippen LogP contribution in [0.3, 0.4) is 0 Å². The molecule has 0 saturated heterocycles. The second-order valence-corrected chi connectivity index (χ2v) is 6.90. The predicted octanol–water partition coefficient (Wildman–Crippen LogP) is 4.11. The molecule has 1 amide bonds. The first-order valence-electron chi connectivity index (χ1n) is 6.67. The zero-order valence-electron chi connectivity index (χ0n) is 12.1. The number of hydrogen-bond acceptors (Lipinski definition) is 2. The van der Waals surface area contributed by atoms with Crippen molar-refractivity contribution in [3.8, 4) is 0 Å². The second-order valence-electron chi connectivity index (χ2n) is 5.67. The molecule has 0 aliphatic carbocycles. The standard InChI is InChI=1S/C15H19BrClNO3/c1-15(2,7-6-12(19)20)8-9-18-14(21)10-4-3-5-11(16)13(10)17/h3-5H,6-9H2,1-2H3,(H,18,21)(H,19,20). The molecule has 0 spiro atoms. The molecular weight excluding hydrogens is 358 g/mol. The highest BCUT2D eigenvalue weighted by atomic mass is 79.9. The molecular formula is C15H19BrClNO3. The molecule has 0 aliphatic heterocycles. The minimum absolute atomic E-state index is 0.132. The number of carboxylic acid groups (broad SMARTS) is 1. The molecule has 0 aliphatic rings. The molecule has 4 nitrogen and oxygen atoms in total. The SMILES string of the molecule is CC(C)(CCNC(=O)c1cccc(Br)c1Cl)CCC(=O)O. The van der Waals surface area contributed by atoms with Crippen LogP contribution in [0, 0.1) is 5.41 Å². The summed E-state index contributed by atoms with van der Waals surface area (Å²) >= 11 is 9.35. The van der Waals surface area contributed by atoms with Crippen LogP contribution in [0.4, 0.5) is 0 Å². The Kier molecular flexibility index (Phi) is 6.68. The zero-order chi connectivity index (χ0) is 16.0. The summed E-state index contributed by atoms with van der Waals surface area (Å²) in [5.74, 6) is -1.02. The van der Waals surface area contributed by atoms with Crippen molar-refractivity contribution in [3.05, 3.63) is 33.3 Å². The number of aliphatic carboxylic acids is 1. The zero-order valence-corrected chi connectivity index (χ0v) is 14.4. The van der Waals surface area contributed by atoms with E-state index in [-0.39, 0.29) is 17.7 Å². The van der Waals surface area contributed by atoms with Gasteiger partial charge >= 0.3 is 5.97 Å². The van der Waals surface area contributed by atoms with Gasteiger partial charge in [-0.25, -0.2) is 0 Å². The van der Waals surface area contributed by atoms with Crippen LogP contribution in [0.2, 0.25) is 5.02 Å². The van der Waals surface area contributed by atoms with Gasteiger partial charge in [-0.2, -0.15) is 0 Å². The number of nitrogens with one attached hydrogen (secondary N) is 1. The van der Waals surface area contributed by atoms with E-state index in [1.54, 1.807) is 18.2 Å². The molecule has 0 bridgehead atoms. The first-order valence-corrected chi connectivity index (χ1v) is 7.84. The number of benzene rings is 1. The van der Waals surface area contributed by atoms with Gasteiger partial charge in [0.15, 0.2) is 0 Å². The predicted molar refractivity (Wildman–Crippen MR) is 86.8 cm³/mol. The number of rotatable bonds is 7. The van der Waals surface area contributed by atoms with Crippen LogP contribution in [0.15, 0.2) is 22.7 Å². The summed E-state index contributed by atoms with van der Waals surface area (Å²) in [6.07, 6.45) is 1.42. The van der Waals surface area contributed by atoms with E-state index in [4.69, 9.17) is 16.7 Å². The highest BCUT2D eigenvalue weighted by molar-refractivity contribution is 9.10. The van der Waals surface area contributed by atoms with Crippen molar-refractivity contribution >= 4 is 39.4 Å². The highest BCUT2D eigenvalue weighted by Crippen LogP contribution is 2.27. The van der Waals surface area contributed by atoms with Gasteiger partial charge < -0.3 is 10.4 Å². The third-order valence-corrected chi connectivity index (χ3v) is 4.60. The molecule has 2 N–H and O–H groups in total. The monoisotopic (exact) mass is 375 g/mol. The van der Waals surface area contributed by atoms with Gasteiger partial charge in [0.25, 0.3) is 5.91 Å². The molecule has 1 aromatic carbocycles. The second kappa shape index (κ2) is 7.80. The van der Waals surface area contributed by atoms with E-state index in [2.05, 4.69) is 21.2 Å². The minimum Gasteiger partial charge on any atom is -0.481 e. The Morgan fingerprint density at radius 3 is 2.62 bits per heavy atom. The van der Waals surface area contributed by atoms with Crippen LogP contribution >= 0.6 is 27.5 Å². The number of amides is 1. The smallest absolute Gasteiger partial charge is 0.303 e. The lowest BCUT2D eigenvalue weighted by Crippen LogP contribution is -2.28. The lowest BCUT2D eigenvalue weighted by molar-refractivity contribution is -0.137. The first-order chi connectivity index (χ1) is 9.73. The molecule has 1 aromatic rings. The van der Waals surface area contributed by atoms with E-state index >= 15 is 0 Å². The Morgan fingerprint density at radius 2 is 2.00 bits per heavy atom. The van der Waals surface area contributed by atoms with Crippen LogP contribution in [-0.4, -0.2) is 23.5 Å². The summed E-state index contributed by atoms with van der Waals surface area (Å²) in [5, 5.41) is 11.9. The average molecular weight is 377 g/mol. The Bertz CT molecular complexity index is 532. The van der Waals surface area contributed by atoms with Gasteiger partial charge in [0.2, 0.25) is 0 Å². The molecule has 0 fully saturated rings. The van der Waals surface area contributed by atoms with Crippen molar-refractivity contribution < 1.29 is 14.7 Å². The normalized spacial score (nSPS) is 11.2. The Morgan fingerprint density at radius 1 is 1.33 bits per heavy atom. The average Bonchev–Trinajstić information content (AvgIpc) is 2.39. The number of hydrogen-bond donors (Lipinski definition) is 2. The molecule has 0 aromatic heterocycles. The molecule has 1 rings (SSSR count). The molecule has 21 heavy (non-hydrogen) atoms. The van der Waals surface area contributed by atoms with Crippen molar-refractivity contribution in [2.24, 2.45) is 5.41 Å². The number of halogens is 2. The van der Waals surface area contributed by atoms with Crippen LogP contribution in [0.1, 0.15) is 43.5 Å². The van der Waals surface area contributed by atoms with E-state index in [1.165, 1.54) is 0 Å². The molecule has 6 heteroatoms. The molecule has 0 heterocycles. The fourth-order valence-corrected chi connectivity index (χ4v) is 2.44. The van der Waals surface area contributed by atoms with Gasteiger partial charge in [-0.1, -0.05) is 31.5 Å². The fraction of sp³-hybridized carbons (Fsp3) is 0.467. The highest BCUT2D eigenvalue weighted by Gasteiger charge is 2.20. The van der Waals surface area contributed by atoms with Crippen molar-refractivity contribution in [1.82, 2.24) is 5.32 Å². The first kappa shape index (κ1) is 18.0. The molecule has 0 atom stereocenters. The van der Waals surface area contributed by atoms with Gasteiger partial charge in [0, 0.05) is 17.4 Å². The van der Waals surface area contributed by atoms with E-state index in [0.717, 1.165) is 0 Å².